The van der Waals surface area contributed by atoms with Gasteiger partial charge in [0.2, 0.25) is 0 Å². The Morgan fingerprint density at radius 2 is 1.41 bits per heavy atom. The number of rotatable bonds is 2. The second-order valence-electron chi connectivity index (χ2n) is 3.62. The molecule has 0 radical (unpaired) electrons. The van der Waals surface area contributed by atoms with E-state index in [1.54, 1.807) is 6.07 Å². The van der Waals surface area contributed by atoms with Crippen LogP contribution in [0.5, 0.6) is 0 Å². The summed E-state index contributed by atoms with van der Waals surface area (Å²) in [7, 11) is -6.25. The van der Waals surface area contributed by atoms with Crippen molar-refractivity contribution in [3.8, 4) is 12.1 Å². The topological polar surface area (TPSA) is 116 Å². The van der Waals surface area contributed by atoms with Crippen molar-refractivity contribution in [1.82, 2.24) is 0 Å². The summed E-state index contributed by atoms with van der Waals surface area (Å²) in [6.45, 7) is 2.75. The molecule has 8 heteroatoms. The lowest BCUT2D eigenvalue weighted by atomic mass is 10.2. The molecule has 0 bridgehead atoms. The van der Waals surface area contributed by atoms with E-state index in [-0.39, 0.29) is 13.2 Å². The van der Waals surface area contributed by atoms with Gasteiger partial charge in [0, 0.05) is 12.5 Å². The third kappa shape index (κ3) is 11.1. The molecule has 0 aliphatic rings. The summed E-state index contributed by atoms with van der Waals surface area (Å²) in [5.74, 6) is -0.382. The van der Waals surface area contributed by atoms with Crippen molar-refractivity contribution < 1.29 is 16.8 Å². The number of nitriles is 2. The van der Waals surface area contributed by atoms with Crippen molar-refractivity contribution in [3.05, 3.63) is 0 Å². The van der Waals surface area contributed by atoms with E-state index in [0.717, 1.165) is 12.5 Å². The monoisotopic (exact) mass is 282 g/mol. The van der Waals surface area contributed by atoms with Crippen LogP contribution >= 0.6 is 0 Å². The van der Waals surface area contributed by atoms with E-state index in [4.69, 9.17) is 10.5 Å². The van der Waals surface area contributed by atoms with E-state index in [2.05, 4.69) is 0 Å². The summed E-state index contributed by atoms with van der Waals surface area (Å²) in [5, 5.41) is 16.1. The van der Waals surface area contributed by atoms with Crippen LogP contribution in [0, 0.1) is 22.7 Å². The molecule has 100 valence electrons. The van der Waals surface area contributed by atoms with E-state index in [9.17, 15) is 16.8 Å². The number of nitrogens with zero attached hydrogens (tertiary/aromatic N) is 2. The minimum absolute atomic E-state index is 0. The minimum Gasteiger partial charge on any atom is -0.228 e. The molecule has 0 aromatic rings. The van der Waals surface area contributed by atoms with Crippen LogP contribution in [0.15, 0.2) is 0 Å². The molecule has 0 fully saturated rings. The van der Waals surface area contributed by atoms with Crippen molar-refractivity contribution in [2.45, 2.75) is 26.0 Å². The van der Waals surface area contributed by atoms with Gasteiger partial charge in [-0.3, -0.25) is 0 Å². The zero-order chi connectivity index (χ0) is 13.6. The van der Waals surface area contributed by atoms with E-state index in [1.165, 1.54) is 19.9 Å². The summed E-state index contributed by atoms with van der Waals surface area (Å²) in [6.07, 6.45) is 2.08. The molecule has 0 saturated carbocycles. The van der Waals surface area contributed by atoms with Gasteiger partial charge in [0.1, 0.15) is 5.75 Å². The zero-order valence-electron chi connectivity index (χ0n) is 9.55. The van der Waals surface area contributed by atoms with Crippen LogP contribution < -0.4 is 0 Å². The molecule has 0 spiro atoms. The molecule has 0 saturated heterocycles. The second-order valence-corrected chi connectivity index (χ2v) is 8.33. The third-order valence-electron chi connectivity index (χ3n) is 1.52. The lowest BCUT2D eigenvalue weighted by Gasteiger charge is -2.10. The van der Waals surface area contributed by atoms with Crippen molar-refractivity contribution in [2.75, 3.05) is 18.3 Å². The number of hydrogen-bond acceptors (Lipinski definition) is 6. The van der Waals surface area contributed by atoms with Gasteiger partial charge >= 0.3 is 0 Å². The van der Waals surface area contributed by atoms with Gasteiger partial charge in [-0.2, -0.15) is 10.5 Å². The molecule has 0 aliphatic carbocycles. The van der Waals surface area contributed by atoms with Crippen LogP contribution in [0.2, 0.25) is 0 Å². The zero-order valence-corrected chi connectivity index (χ0v) is 11.2. The predicted octanol–water partition coefficient (Wildman–Crippen LogP) is 0.524. The van der Waals surface area contributed by atoms with Crippen molar-refractivity contribution in [3.63, 3.8) is 0 Å². The highest BCUT2D eigenvalue weighted by Crippen LogP contribution is 2.11. The van der Waals surface area contributed by atoms with Crippen LogP contribution in [0.3, 0.4) is 0 Å². The van der Waals surface area contributed by atoms with Gasteiger partial charge < -0.3 is 0 Å². The van der Waals surface area contributed by atoms with E-state index in [0.29, 0.717) is 0 Å². The molecular formula is C9H18N2O4S2. The van der Waals surface area contributed by atoms with E-state index < -0.39 is 24.4 Å². The van der Waals surface area contributed by atoms with Crippen LogP contribution in [0.25, 0.3) is 0 Å². The minimum atomic E-state index is -3.21. The highest BCUT2D eigenvalue weighted by Gasteiger charge is 2.29. The van der Waals surface area contributed by atoms with Crippen molar-refractivity contribution in [1.29, 1.82) is 10.5 Å². The quantitative estimate of drug-likeness (QED) is 0.729. The number of hydrogen-bond donors (Lipinski definition) is 0. The summed E-state index contributed by atoms with van der Waals surface area (Å²) >= 11 is 0. The highest BCUT2D eigenvalue weighted by molar-refractivity contribution is 7.92. The fourth-order valence-electron chi connectivity index (χ4n) is 0.200. The molecule has 6 nitrogen and oxygen atoms in total. The van der Waals surface area contributed by atoms with E-state index in [1.807, 2.05) is 0 Å². The molecule has 0 aromatic heterocycles. The van der Waals surface area contributed by atoms with E-state index >= 15 is 0 Å². The van der Waals surface area contributed by atoms with Gasteiger partial charge in [-0.1, -0.05) is 7.43 Å². The van der Waals surface area contributed by atoms with Gasteiger partial charge in [0.05, 0.1) is 12.1 Å². The Bertz CT molecular complexity index is 504. The Hall–Kier alpha value is -1.12. The van der Waals surface area contributed by atoms with Crippen LogP contribution in [-0.4, -0.2) is 39.8 Å². The fraction of sp³-hybridized carbons (Fsp3) is 0.778. The predicted molar refractivity (Wildman–Crippen MR) is 66.6 cm³/mol. The number of sulfone groups is 2. The Morgan fingerprint density at radius 1 is 1.06 bits per heavy atom. The smallest absolute Gasteiger partial charge is 0.165 e. The molecule has 0 aromatic carbocycles. The SMILES string of the molecule is C.CC(C)(C#N)S(C)(=O)=O.CS(=O)(=O)CC#N. The van der Waals surface area contributed by atoms with Gasteiger partial charge in [0.25, 0.3) is 0 Å². The van der Waals surface area contributed by atoms with Crippen LogP contribution in [0.4, 0.5) is 0 Å². The Balaban J connectivity index is -0.000000224. The lowest BCUT2D eigenvalue weighted by Crippen LogP contribution is -2.28. The Kier molecular flexibility index (Phi) is 9.04. The molecule has 0 rings (SSSR count). The maximum atomic E-state index is 10.7. The van der Waals surface area contributed by atoms with Gasteiger partial charge in [0.15, 0.2) is 24.4 Å². The average molecular weight is 282 g/mol. The standard InChI is InChI=1S/C5H9NO2S.C3H5NO2S.CH4/c1-5(2,4-6)9(3,7)8;1-7(5,6)3-2-4;/h1-3H3;3H2,1H3;1H4. The maximum Gasteiger partial charge on any atom is 0.165 e. The Labute approximate surface area is 104 Å². The fourth-order valence-corrected chi connectivity index (χ4v) is 0.600. The molecule has 0 amide bonds. The summed E-state index contributed by atoms with van der Waals surface area (Å²) in [6, 6.07) is 3.21. The lowest BCUT2D eigenvalue weighted by molar-refractivity contribution is 0.580. The molecule has 0 heterocycles. The molecule has 0 unspecified atom stereocenters. The van der Waals surface area contributed by atoms with Crippen molar-refractivity contribution in [2.24, 2.45) is 0 Å². The molecule has 0 N–H and O–H groups in total. The van der Waals surface area contributed by atoms with Crippen LogP contribution in [0.1, 0.15) is 21.3 Å². The first-order chi connectivity index (χ1) is 6.87. The molecule has 0 aliphatic heterocycles. The average Bonchev–Trinajstić information content (AvgIpc) is 2.01. The largest absolute Gasteiger partial charge is 0.228 e. The molecular weight excluding hydrogens is 264 g/mol. The van der Waals surface area contributed by atoms with Gasteiger partial charge in [-0.25, -0.2) is 16.8 Å². The molecule has 0 atom stereocenters. The Morgan fingerprint density at radius 3 is 1.41 bits per heavy atom. The second kappa shape index (κ2) is 7.25. The highest BCUT2D eigenvalue weighted by atomic mass is 32.2. The molecule has 17 heavy (non-hydrogen) atoms. The van der Waals surface area contributed by atoms with Crippen LogP contribution in [-0.2, 0) is 19.7 Å². The van der Waals surface area contributed by atoms with Gasteiger partial charge in [-0.15, -0.1) is 0 Å². The first-order valence-corrected chi connectivity index (χ1v) is 7.98. The summed E-state index contributed by atoms with van der Waals surface area (Å²) in [5.41, 5.74) is 0. The summed E-state index contributed by atoms with van der Waals surface area (Å²) in [4.78, 5) is 0. The first kappa shape index (κ1) is 21.2. The van der Waals surface area contributed by atoms with Crippen molar-refractivity contribution >= 4 is 19.7 Å². The normalized spacial score (nSPS) is 10.9. The summed E-state index contributed by atoms with van der Waals surface area (Å²) < 4.78 is 40.1. The maximum absolute atomic E-state index is 10.7. The first-order valence-electron chi connectivity index (χ1n) is 4.03. The van der Waals surface area contributed by atoms with Gasteiger partial charge in [-0.05, 0) is 13.8 Å². The third-order valence-corrected chi connectivity index (χ3v) is 4.12.